The molecule has 42 heteroatoms. The third-order valence-corrected chi connectivity index (χ3v) is 17.9. The van der Waals surface area contributed by atoms with Gasteiger partial charge in [-0.1, -0.05) is 58.0 Å². The Kier molecular flexibility index (Phi) is 41.2. The first kappa shape index (κ1) is 94.7. The summed E-state index contributed by atoms with van der Waals surface area (Å²) in [7, 11) is 0. The monoisotopic (exact) mass is 1600 g/mol. The molecule has 630 valence electrons. The molecular weight excluding hydrogens is 1490 g/mol. The van der Waals surface area contributed by atoms with E-state index in [0.29, 0.717) is 49.2 Å². The van der Waals surface area contributed by atoms with Gasteiger partial charge in [0.05, 0.1) is 44.8 Å². The average Bonchev–Trinajstić information content (AvgIpc) is 1.41. The van der Waals surface area contributed by atoms with E-state index < -0.39 is 193 Å². The number of unbranched alkanes of at least 4 members (excludes halogenated alkanes) is 2. The first-order valence-electron chi connectivity index (χ1n) is 37.8. The highest BCUT2D eigenvalue weighted by molar-refractivity contribution is 6.00. The minimum absolute atomic E-state index is 0.00425. The third kappa shape index (κ3) is 34.9. The molecule has 0 radical (unpaired) electrons. The summed E-state index contributed by atoms with van der Waals surface area (Å²) in [5, 5.41) is 53.3. The van der Waals surface area contributed by atoms with E-state index in [0.717, 1.165) is 4.90 Å². The number of nitrogens with zero attached hydrogens (tertiary/aromatic N) is 4. The van der Waals surface area contributed by atoms with E-state index in [-0.39, 0.29) is 108 Å². The van der Waals surface area contributed by atoms with Crippen LogP contribution in [-0.4, -0.2) is 254 Å². The first-order chi connectivity index (χ1) is 54.1. The van der Waals surface area contributed by atoms with Crippen molar-refractivity contribution < 1.29 is 86.9 Å². The third-order valence-electron chi connectivity index (χ3n) is 17.9. The van der Waals surface area contributed by atoms with Crippen LogP contribution in [-0.2, 0) is 96.0 Å². The van der Waals surface area contributed by atoms with E-state index >= 15 is 0 Å². The van der Waals surface area contributed by atoms with E-state index in [1.807, 2.05) is 0 Å². The Balaban J connectivity index is 1.45. The maximum Gasteiger partial charge on any atom is 0.326 e. The van der Waals surface area contributed by atoms with Gasteiger partial charge in [0.2, 0.25) is 88.6 Å². The van der Waals surface area contributed by atoms with Crippen molar-refractivity contribution in [2.24, 2.45) is 45.5 Å². The number of aliphatic imine (C=N–C) groups is 1. The number of carboxylic acids is 1. The lowest BCUT2D eigenvalue weighted by Crippen LogP contribution is -2.60. The van der Waals surface area contributed by atoms with Gasteiger partial charge in [0.1, 0.15) is 66.5 Å². The zero-order chi connectivity index (χ0) is 84.6. The number of hydrogen-bond acceptors (Lipinski definition) is 22. The molecule has 0 unspecified atom stereocenters. The summed E-state index contributed by atoms with van der Waals surface area (Å²) in [6, 6.07) is -6.99. The van der Waals surface area contributed by atoms with Crippen molar-refractivity contribution >= 4 is 101 Å². The predicted molar refractivity (Wildman–Crippen MR) is 411 cm³/mol. The largest absolute Gasteiger partial charge is 0.480 e. The Morgan fingerprint density at radius 3 is 1.46 bits per heavy atom. The van der Waals surface area contributed by atoms with Gasteiger partial charge in [-0.3, -0.25) is 76.9 Å². The van der Waals surface area contributed by atoms with Crippen LogP contribution in [0.1, 0.15) is 142 Å². The van der Waals surface area contributed by atoms with E-state index in [2.05, 4.69) is 94.0 Å². The molecule has 1 aliphatic rings. The number of likely N-dealkylation sites (tertiary alicyclic amines) is 1. The fourth-order valence-corrected chi connectivity index (χ4v) is 12.1. The number of aromatic amines is 2. The quantitative estimate of drug-likeness (QED) is 0.0142. The van der Waals surface area contributed by atoms with E-state index in [1.54, 1.807) is 58.0 Å². The lowest BCUT2D eigenvalue weighted by molar-refractivity contribution is -0.142. The van der Waals surface area contributed by atoms with Crippen molar-refractivity contribution in [2.75, 3.05) is 45.8 Å². The number of aromatic nitrogens is 4. The number of nitrogens with two attached hydrogens (primary N) is 5. The SMILES string of the molecule is CC(=O)N[C@@H](Cc1cnc[nH]1)C(=O)N[C@@H](CCCCN)C(=O)N[C@H](C(=O)NCC(=O)N1CCC[C@H]1C(=O)N[C@@H](CC(N)=O)C(=O)N[C@@H](CC(C)C)C(=O)N[C@@H](Cc1cnc[nH]1)C(=O)NCC(=O)N[C@@H](CC(C)C)C(=O)N[C@@H](Cc1ccccc1)C(=O)NCC(=O)N[C@@H](CCCN=C(N)N)C(=O)N[C@@H](CCCCN)C(=O)O)[C@@H](C)O. The first-order valence-corrected chi connectivity index (χ1v) is 37.8. The van der Waals surface area contributed by atoms with Gasteiger partial charge in [0.15, 0.2) is 5.96 Å². The van der Waals surface area contributed by atoms with Crippen LogP contribution < -0.4 is 97.8 Å². The Morgan fingerprint density at radius 1 is 0.518 bits per heavy atom. The Labute approximate surface area is 659 Å². The van der Waals surface area contributed by atoms with Gasteiger partial charge in [-0.25, -0.2) is 14.8 Å². The molecule has 3 aromatic rings. The highest BCUT2D eigenvalue weighted by Gasteiger charge is 2.40. The van der Waals surface area contributed by atoms with Gasteiger partial charge in [0.25, 0.3) is 0 Å². The maximum absolute atomic E-state index is 14.4. The van der Waals surface area contributed by atoms with Crippen molar-refractivity contribution in [1.82, 2.24) is 94.0 Å². The number of amides is 15. The Bertz CT molecular complexity index is 3710. The molecule has 42 nitrogen and oxygen atoms in total. The number of primary amides is 1. The molecule has 12 atom stereocenters. The standard InChI is InChI=1S/C72H114N24O18/c1-39(2)26-49(65(107)92-51(28-43-16-8-7-9-17-43)61(103)81-34-57(100)87-46(20-14-24-80-72(76)77)63(105)90-48(71(113)114)19-11-13-23-74)88-58(101)35-82-62(104)52(29-44-32-78-37-84-44)93-66(108)50(27-40(3)4)91-68(110)54(31-56(75)99)94-69(111)55-21-15-25-96(55)59(102)36-83-70(112)60(41(5)97)95-64(106)47(18-10-12-22-73)89-67(109)53(86-42(6)98)30-45-33-79-38-85-45/h7-9,16-17,32-33,37-41,46-55,60,97H,10-15,18-31,34-36,73-74H2,1-6H3,(H2,75,99)(H,78,84)(H,79,85)(H,81,103)(H,82,104)(H,83,112)(H,86,98)(H,87,100)(H,88,101)(H,89,109)(H,90,105)(H,91,110)(H,92,107)(H,93,108)(H,94,111)(H,95,106)(H,113,114)(H4,76,77,80)/t41-,46+,47+,48+,49+,50+,51+,52+,53+,54+,55+,60+/m1/s1. The zero-order valence-electron chi connectivity index (χ0n) is 65.1. The molecule has 1 fully saturated rings. The summed E-state index contributed by atoms with van der Waals surface area (Å²) in [4.78, 5) is 236. The van der Waals surface area contributed by atoms with Gasteiger partial charge in [-0.15, -0.1) is 0 Å². The number of benzene rings is 1. The maximum atomic E-state index is 14.4. The molecular formula is C72H114N24O18. The summed E-state index contributed by atoms with van der Waals surface area (Å²) in [5.74, 6) is -15.3. The van der Waals surface area contributed by atoms with Crippen LogP contribution in [0.2, 0.25) is 0 Å². The smallest absolute Gasteiger partial charge is 0.326 e. The van der Waals surface area contributed by atoms with Crippen LogP contribution in [0, 0.1) is 11.8 Å². The van der Waals surface area contributed by atoms with Crippen LogP contribution in [0.3, 0.4) is 0 Å². The average molecular weight is 1600 g/mol. The fourth-order valence-electron chi connectivity index (χ4n) is 12.1. The number of guanidine groups is 1. The number of carboxylic acid groups (broad SMARTS) is 1. The number of rotatable bonds is 52. The summed E-state index contributed by atoms with van der Waals surface area (Å²) < 4.78 is 0. The van der Waals surface area contributed by atoms with Crippen molar-refractivity contribution in [1.29, 1.82) is 0 Å². The van der Waals surface area contributed by atoms with Crippen LogP contribution in [0.4, 0.5) is 0 Å². The van der Waals surface area contributed by atoms with Gasteiger partial charge in [-0.05, 0) is 114 Å². The highest BCUT2D eigenvalue weighted by Crippen LogP contribution is 2.19. The van der Waals surface area contributed by atoms with Crippen LogP contribution in [0.25, 0.3) is 0 Å². The molecule has 114 heavy (non-hydrogen) atoms. The molecule has 15 amide bonds. The number of imidazole rings is 2. The number of aliphatic hydroxyl groups is 1. The van der Waals surface area contributed by atoms with Gasteiger partial charge in [0, 0.05) is 63.1 Å². The second kappa shape index (κ2) is 49.6. The number of H-pyrrole nitrogens is 2. The van der Waals surface area contributed by atoms with Crippen molar-refractivity contribution in [3.8, 4) is 0 Å². The van der Waals surface area contributed by atoms with E-state index in [4.69, 9.17) is 28.7 Å². The molecule has 0 saturated carbocycles. The van der Waals surface area contributed by atoms with Crippen molar-refractivity contribution in [3.05, 3.63) is 72.3 Å². The number of aliphatic carboxylic acids is 1. The number of carbonyl (C=O) groups excluding carboxylic acids is 15. The minimum Gasteiger partial charge on any atom is -0.480 e. The second-order valence-corrected chi connectivity index (χ2v) is 28.5. The van der Waals surface area contributed by atoms with Crippen LogP contribution in [0.5, 0.6) is 0 Å². The summed E-state index contributed by atoms with van der Waals surface area (Å²) in [6.45, 7) is 7.67. The number of carbonyl (C=O) groups is 16. The molecule has 4 rings (SSSR count). The molecule has 1 saturated heterocycles. The molecule has 0 spiro atoms. The molecule has 1 aromatic carbocycles. The number of aliphatic hydroxyl groups excluding tert-OH is 1. The summed E-state index contributed by atoms with van der Waals surface area (Å²) in [5.41, 5.74) is 29.1. The lowest BCUT2D eigenvalue weighted by Gasteiger charge is -2.28. The molecule has 27 N–H and O–H groups in total. The normalized spacial score (nSPS) is 15.3. The summed E-state index contributed by atoms with van der Waals surface area (Å²) >= 11 is 0. The minimum atomic E-state index is -1.75. The molecule has 2 aromatic heterocycles. The van der Waals surface area contributed by atoms with E-state index in [9.17, 15) is 86.9 Å². The predicted octanol–water partition coefficient (Wildman–Crippen LogP) is -6.89. The number of nitrogens with one attached hydrogen (secondary N) is 15. The van der Waals surface area contributed by atoms with E-state index in [1.165, 1.54) is 38.9 Å². The fraction of sp³-hybridized carbons (Fsp3) is 0.597. The topological polar surface area (TPSA) is 673 Å². The summed E-state index contributed by atoms with van der Waals surface area (Å²) in [6.07, 6.45) is 4.83. The van der Waals surface area contributed by atoms with Crippen LogP contribution >= 0.6 is 0 Å². The van der Waals surface area contributed by atoms with Gasteiger partial charge < -0.3 is 123 Å². The van der Waals surface area contributed by atoms with Gasteiger partial charge >= 0.3 is 5.97 Å². The van der Waals surface area contributed by atoms with Crippen molar-refractivity contribution in [2.45, 2.75) is 217 Å². The molecule has 1 aliphatic heterocycles. The Morgan fingerprint density at radius 2 is 0.965 bits per heavy atom. The van der Waals surface area contributed by atoms with Gasteiger partial charge in [-0.2, -0.15) is 0 Å². The lowest BCUT2D eigenvalue weighted by atomic mass is 10.0. The highest BCUT2D eigenvalue weighted by atomic mass is 16.4. The van der Waals surface area contributed by atoms with Crippen LogP contribution in [0.15, 0.2) is 60.4 Å². The second-order valence-electron chi connectivity index (χ2n) is 28.5. The number of hydrogen-bond donors (Lipinski definition) is 22. The molecule has 3 heterocycles. The molecule has 0 aliphatic carbocycles. The Hall–Kier alpha value is -11.7. The molecule has 0 bridgehead atoms. The zero-order valence-corrected chi connectivity index (χ0v) is 65.1. The van der Waals surface area contributed by atoms with Crippen molar-refractivity contribution in [3.63, 3.8) is 0 Å².